The van der Waals surface area contributed by atoms with Crippen molar-refractivity contribution in [2.24, 2.45) is 7.05 Å². The van der Waals surface area contributed by atoms with E-state index in [2.05, 4.69) is 92.2 Å². The van der Waals surface area contributed by atoms with Gasteiger partial charge >= 0.3 is 0 Å². The molecule has 0 unspecified atom stereocenters. The highest BCUT2D eigenvalue weighted by molar-refractivity contribution is 6.07. The number of benzene rings is 3. The molecule has 4 rings (SSSR count). The summed E-state index contributed by atoms with van der Waals surface area (Å²) in [6.07, 6.45) is 0. The Morgan fingerprint density at radius 2 is 1.26 bits per heavy atom. The normalized spacial score (nSPS) is 11.3. The molecular weight excluding hydrogens is 278 g/mol. The van der Waals surface area contributed by atoms with E-state index in [-0.39, 0.29) is 0 Å². The highest BCUT2D eigenvalue weighted by atomic mass is 14.9. The minimum absolute atomic E-state index is 1.26. The lowest BCUT2D eigenvalue weighted by Gasteiger charge is -2.13. The largest absolute Gasteiger partial charge is 0.213 e. The van der Waals surface area contributed by atoms with Crippen molar-refractivity contribution in [1.82, 2.24) is 0 Å². The van der Waals surface area contributed by atoms with Gasteiger partial charge < -0.3 is 0 Å². The van der Waals surface area contributed by atoms with E-state index in [1.165, 1.54) is 44.1 Å². The summed E-state index contributed by atoms with van der Waals surface area (Å²) in [4.78, 5) is 0. The van der Waals surface area contributed by atoms with Crippen molar-refractivity contribution in [3.8, 4) is 11.1 Å². The number of aromatic nitrogens is 1. The second-order valence-corrected chi connectivity index (χ2v) is 6.29. The molecule has 112 valence electrons. The van der Waals surface area contributed by atoms with E-state index in [4.69, 9.17) is 0 Å². The minimum atomic E-state index is 1.26. The molecule has 0 aliphatic heterocycles. The van der Waals surface area contributed by atoms with Crippen molar-refractivity contribution in [3.05, 3.63) is 77.9 Å². The van der Waals surface area contributed by atoms with Gasteiger partial charge in [0.15, 0.2) is 0 Å². The summed E-state index contributed by atoms with van der Waals surface area (Å²) in [6.45, 7) is 4.36. The number of nitrogens with zero attached hydrogens (tertiary/aromatic N) is 1. The molecule has 0 bridgehead atoms. The molecule has 0 atom stereocenters. The number of hydrogen-bond acceptors (Lipinski definition) is 0. The van der Waals surface area contributed by atoms with Gasteiger partial charge in [-0.25, -0.2) is 0 Å². The molecule has 4 aromatic rings. The zero-order chi connectivity index (χ0) is 16.0. The number of hydrogen-bond donors (Lipinski definition) is 0. The molecule has 0 aliphatic rings. The highest BCUT2D eigenvalue weighted by Crippen LogP contribution is 2.35. The summed E-state index contributed by atoms with van der Waals surface area (Å²) in [5.41, 5.74) is 7.83. The smallest absolute Gasteiger partial charge is 0.194 e. The first-order valence-electron chi connectivity index (χ1n) is 8.04. The third kappa shape index (κ3) is 2.12. The van der Waals surface area contributed by atoms with Gasteiger partial charge in [-0.1, -0.05) is 48.0 Å². The van der Waals surface area contributed by atoms with E-state index in [0.717, 1.165) is 0 Å². The minimum Gasteiger partial charge on any atom is -0.194 e. The Balaban J connectivity index is 2.25. The number of pyridine rings is 1. The molecule has 0 spiro atoms. The monoisotopic (exact) mass is 298 g/mol. The Hall–Kier alpha value is -2.67. The Morgan fingerprint density at radius 1 is 0.696 bits per heavy atom. The van der Waals surface area contributed by atoms with Crippen LogP contribution >= 0.6 is 0 Å². The van der Waals surface area contributed by atoms with Crippen LogP contribution in [0.25, 0.3) is 32.9 Å². The Bertz CT molecular complexity index is 987. The van der Waals surface area contributed by atoms with Crippen LogP contribution in [0.15, 0.2) is 66.7 Å². The maximum atomic E-state index is 2.29. The van der Waals surface area contributed by atoms with E-state index in [1.807, 2.05) is 0 Å². The molecule has 1 aromatic heterocycles. The predicted octanol–water partition coefficient (Wildman–Crippen LogP) is 5.10. The third-order valence-corrected chi connectivity index (χ3v) is 4.72. The second kappa shape index (κ2) is 5.20. The van der Waals surface area contributed by atoms with Crippen molar-refractivity contribution in [2.45, 2.75) is 13.8 Å². The summed E-state index contributed by atoms with van der Waals surface area (Å²) in [7, 11) is 2.15. The van der Waals surface area contributed by atoms with Crippen molar-refractivity contribution in [3.63, 3.8) is 0 Å². The van der Waals surface area contributed by atoms with E-state index >= 15 is 0 Å². The first-order valence-corrected chi connectivity index (χ1v) is 8.04. The van der Waals surface area contributed by atoms with Crippen molar-refractivity contribution in [1.29, 1.82) is 0 Å². The summed E-state index contributed by atoms with van der Waals surface area (Å²) in [5.74, 6) is 0. The maximum Gasteiger partial charge on any atom is 0.213 e. The topological polar surface area (TPSA) is 3.88 Å². The van der Waals surface area contributed by atoms with E-state index in [1.54, 1.807) is 0 Å². The molecule has 0 amide bonds. The van der Waals surface area contributed by atoms with Gasteiger partial charge in [0.25, 0.3) is 0 Å². The standard InChI is InChI=1S/C22H20N/c1-15-12-13-17(16(2)14-15)22-18-8-4-6-10-20(18)23(3)21-11-7-5-9-19(21)22/h4-14H,1-3H3/q+1. The van der Waals surface area contributed by atoms with Gasteiger partial charge in [0.05, 0.1) is 10.8 Å². The zero-order valence-corrected chi connectivity index (χ0v) is 13.8. The molecule has 0 aliphatic carbocycles. The van der Waals surface area contributed by atoms with Crippen molar-refractivity contribution < 1.29 is 4.57 Å². The van der Waals surface area contributed by atoms with Crippen LogP contribution in [0.3, 0.4) is 0 Å². The highest BCUT2D eigenvalue weighted by Gasteiger charge is 2.19. The number of aryl methyl sites for hydroxylation is 3. The van der Waals surface area contributed by atoms with Gasteiger partial charge in [-0.3, -0.25) is 0 Å². The van der Waals surface area contributed by atoms with Crippen molar-refractivity contribution in [2.75, 3.05) is 0 Å². The fourth-order valence-corrected chi connectivity index (χ4v) is 3.61. The van der Waals surface area contributed by atoms with Gasteiger partial charge in [-0.2, -0.15) is 4.57 Å². The molecule has 0 saturated heterocycles. The number of rotatable bonds is 1. The lowest BCUT2D eigenvalue weighted by atomic mass is 9.92. The molecule has 1 heterocycles. The molecule has 3 aromatic carbocycles. The first kappa shape index (κ1) is 14.0. The van der Waals surface area contributed by atoms with E-state index < -0.39 is 0 Å². The average molecular weight is 298 g/mol. The summed E-state index contributed by atoms with van der Waals surface area (Å²) in [6, 6.07) is 24.1. The van der Waals surface area contributed by atoms with Crippen LogP contribution in [0.4, 0.5) is 0 Å². The van der Waals surface area contributed by atoms with Gasteiger partial charge in [0.2, 0.25) is 11.0 Å². The van der Waals surface area contributed by atoms with Crippen molar-refractivity contribution >= 4 is 21.8 Å². The molecule has 0 fully saturated rings. The fraction of sp³-hybridized carbons (Fsp3) is 0.136. The molecule has 23 heavy (non-hydrogen) atoms. The lowest BCUT2D eigenvalue weighted by Crippen LogP contribution is -2.30. The molecule has 0 saturated carbocycles. The first-order chi connectivity index (χ1) is 11.2. The molecule has 1 heteroatoms. The van der Waals surface area contributed by atoms with Crippen LogP contribution in [0.1, 0.15) is 11.1 Å². The van der Waals surface area contributed by atoms with Crippen LogP contribution in [0, 0.1) is 13.8 Å². The Labute approximate surface area is 136 Å². The zero-order valence-electron chi connectivity index (χ0n) is 13.8. The summed E-state index contributed by atoms with van der Waals surface area (Å²) < 4.78 is 2.29. The molecular formula is C22H20N+. The van der Waals surface area contributed by atoms with Crippen LogP contribution < -0.4 is 4.57 Å². The van der Waals surface area contributed by atoms with Gasteiger partial charge in [0, 0.05) is 17.7 Å². The average Bonchev–Trinajstić information content (AvgIpc) is 2.57. The van der Waals surface area contributed by atoms with Crippen LogP contribution in [0.5, 0.6) is 0 Å². The van der Waals surface area contributed by atoms with Crippen LogP contribution in [0.2, 0.25) is 0 Å². The summed E-state index contributed by atoms with van der Waals surface area (Å²) in [5, 5.41) is 2.61. The van der Waals surface area contributed by atoms with E-state index in [9.17, 15) is 0 Å². The molecule has 0 N–H and O–H groups in total. The fourth-order valence-electron chi connectivity index (χ4n) is 3.61. The Kier molecular flexibility index (Phi) is 3.16. The number of para-hydroxylation sites is 2. The number of fused-ring (bicyclic) bond motifs is 2. The second-order valence-electron chi connectivity index (χ2n) is 6.29. The maximum absolute atomic E-state index is 2.29. The molecule has 0 radical (unpaired) electrons. The van der Waals surface area contributed by atoms with Gasteiger partial charge in [0.1, 0.15) is 7.05 Å². The quantitative estimate of drug-likeness (QED) is 0.340. The lowest BCUT2D eigenvalue weighted by molar-refractivity contribution is -0.617. The molecule has 1 nitrogen and oxygen atoms in total. The van der Waals surface area contributed by atoms with Gasteiger partial charge in [-0.05, 0) is 37.1 Å². The third-order valence-electron chi connectivity index (χ3n) is 4.72. The van der Waals surface area contributed by atoms with Gasteiger partial charge in [-0.15, -0.1) is 0 Å². The Morgan fingerprint density at radius 3 is 1.83 bits per heavy atom. The van der Waals surface area contributed by atoms with Crippen LogP contribution in [-0.2, 0) is 7.05 Å². The SMILES string of the molecule is Cc1ccc(-c2c3ccccc3[n+](C)c3ccccc23)c(C)c1. The van der Waals surface area contributed by atoms with Crippen LogP contribution in [-0.4, -0.2) is 0 Å². The predicted molar refractivity (Wildman–Crippen MR) is 97.5 cm³/mol. The summed E-state index contributed by atoms with van der Waals surface area (Å²) >= 11 is 0. The van der Waals surface area contributed by atoms with E-state index in [0.29, 0.717) is 0 Å².